The van der Waals surface area contributed by atoms with E-state index in [-0.39, 0.29) is 16.5 Å². The average Bonchev–Trinajstić information content (AvgIpc) is 3.53. The van der Waals surface area contributed by atoms with Crippen LogP contribution in [0.3, 0.4) is 0 Å². The van der Waals surface area contributed by atoms with Crippen molar-refractivity contribution < 1.29 is 22.4 Å². The highest BCUT2D eigenvalue weighted by Crippen LogP contribution is 2.36. The standard InChI is InChI=1S/C23H22N2O5S2/c1-29-21-13-17-16-6-2-3-7-19(16)30-20(17)14-18(21)24-22(26)12-15-8-9-23(31-15)32(27,28)25-10-4-5-11-25/h2-3,6-9,13-14H,4-5,10-12H2,1H3,(H,24,26). The number of hydrogen-bond donors (Lipinski definition) is 1. The largest absolute Gasteiger partial charge is 0.495 e. The zero-order chi connectivity index (χ0) is 22.3. The average molecular weight is 471 g/mol. The number of carbonyl (C=O) groups excluding carboxylic acids is 1. The van der Waals surface area contributed by atoms with Crippen molar-refractivity contribution in [3.05, 3.63) is 53.4 Å². The molecule has 4 aromatic rings. The van der Waals surface area contributed by atoms with Gasteiger partial charge in [-0.15, -0.1) is 11.3 Å². The van der Waals surface area contributed by atoms with Crippen LogP contribution in [0.2, 0.25) is 0 Å². The summed E-state index contributed by atoms with van der Waals surface area (Å²) in [5, 5.41) is 4.76. The third-order valence-corrected chi connectivity index (χ3v) is 9.06. The Labute approximate surface area is 189 Å². The maximum atomic E-state index is 12.7. The van der Waals surface area contributed by atoms with E-state index in [1.807, 2.05) is 30.3 Å². The predicted octanol–water partition coefficient (Wildman–Crippen LogP) is 4.62. The van der Waals surface area contributed by atoms with E-state index in [4.69, 9.17) is 9.15 Å². The Bertz CT molecular complexity index is 1410. The van der Waals surface area contributed by atoms with Crippen molar-refractivity contribution >= 4 is 54.9 Å². The van der Waals surface area contributed by atoms with E-state index < -0.39 is 10.0 Å². The Morgan fingerprint density at radius 2 is 1.88 bits per heavy atom. The molecule has 0 radical (unpaired) electrons. The molecular formula is C23H22N2O5S2. The van der Waals surface area contributed by atoms with E-state index in [0.717, 1.165) is 40.5 Å². The quantitative estimate of drug-likeness (QED) is 0.444. The van der Waals surface area contributed by atoms with Gasteiger partial charge in [-0.3, -0.25) is 4.79 Å². The number of rotatable bonds is 6. The summed E-state index contributed by atoms with van der Waals surface area (Å²) in [6.07, 6.45) is 1.84. The lowest BCUT2D eigenvalue weighted by molar-refractivity contribution is -0.115. The van der Waals surface area contributed by atoms with Gasteiger partial charge in [-0.25, -0.2) is 8.42 Å². The van der Waals surface area contributed by atoms with Crippen LogP contribution in [0, 0.1) is 0 Å². The number of amides is 1. The van der Waals surface area contributed by atoms with Crippen LogP contribution in [0.15, 0.2) is 57.2 Å². The lowest BCUT2D eigenvalue weighted by Crippen LogP contribution is -2.27. The molecule has 166 valence electrons. The Morgan fingerprint density at radius 3 is 2.66 bits per heavy atom. The molecule has 1 fully saturated rings. The first-order chi connectivity index (χ1) is 15.5. The zero-order valence-electron chi connectivity index (χ0n) is 17.5. The van der Waals surface area contributed by atoms with Crippen LogP contribution < -0.4 is 10.1 Å². The van der Waals surface area contributed by atoms with Gasteiger partial charge in [0, 0.05) is 34.8 Å². The molecule has 5 rings (SSSR count). The third-order valence-electron chi connectivity index (χ3n) is 5.60. The lowest BCUT2D eigenvalue weighted by Gasteiger charge is -2.13. The molecule has 2 aromatic carbocycles. The molecule has 0 spiro atoms. The van der Waals surface area contributed by atoms with Crippen LogP contribution in [0.25, 0.3) is 21.9 Å². The Morgan fingerprint density at radius 1 is 1.09 bits per heavy atom. The Kier molecular flexibility index (Phi) is 5.40. The second-order valence-corrected chi connectivity index (χ2v) is 11.0. The van der Waals surface area contributed by atoms with E-state index in [2.05, 4.69) is 5.32 Å². The Balaban J connectivity index is 1.36. The highest BCUT2D eigenvalue weighted by Gasteiger charge is 2.28. The molecule has 1 aliphatic rings. The number of hydrogen-bond acceptors (Lipinski definition) is 6. The molecule has 7 nitrogen and oxygen atoms in total. The summed E-state index contributed by atoms with van der Waals surface area (Å²) in [6.45, 7) is 1.11. The highest BCUT2D eigenvalue weighted by atomic mass is 32.2. The van der Waals surface area contributed by atoms with Gasteiger partial charge in [-0.05, 0) is 37.1 Å². The normalized spacial score (nSPS) is 14.9. The first-order valence-electron chi connectivity index (χ1n) is 10.3. The summed E-state index contributed by atoms with van der Waals surface area (Å²) < 4.78 is 38.6. The minimum atomic E-state index is -3.47. The number of anilines is 1. The van der Waals surface area contributed by atoms with Gasteiger partial charge in [-0.1, -0.05) is 18.2 Å². The minimum absolute atomic E-state index is 0.0709. The minimum Gasteiger partial charge on any atom is -0.495 e. The van der Waals surface area contributed by atoms with Gasteiger partial charge in [0.2, 0.25) is 5.91 Å². The topological polar surface area (TPSA) is 88.8 Å². The van der Waals surface area contributed by atoms with E-state index >= 15 is 0 Å². The van der Waals surface area contributed by atoms with Crippen LogP contribution >= 0.6 is 11.3 Å². The second kappa shape index (κ2) is 8.23. The number of ether oxygens (including phenoxy) is 1. The second-order valence-electron chi connectivity index (χ2n) is 7.70. The fraction of sp³-hybridized carbons (Fsp3) is 0.261. The summed E-state index contributed by atoms with van der Waals surface area (Å²) in [7, 11) is -1.92. The number of methoxy groups -OCH3 is 1. The van der Waals surface area contributed by atoms with Crippen molar-refractivity contribution in [1.82, 2.24) is 4.31 Å². The molecule has 0 aliphatic carbocycles. The van der Waals surface area contributed by atoms with Crippen molar-refractivity contribution in [3.8, 4) is 5.75 Å². The van der Waals surface area contributed by atoms with Crippen molar-refractivity contribution in [1.29, 1.82) is 0 Å². The molecule has 9 heteroatoms. The molecule has 0 atom stereocenters. The monoisotopic (exact) mass is 470 g/mol. The molecule has 32 heavy (non-hydrogen) atoms. The van der Waals surface area contributed by atoms with Crippen molar-refractivity contribution in [2.75, 3.05) is 25.5 Å². The molecule has 1 saturated heterocycles. The number of para-hydroxylation sites is 1. The first-order valence-corrected chi connectivity index (χ1v) is 12.6. The van der Waals surface area contributed by atoms with E-state index in [9.17, 15) is 13.2 Å². The molecule has 0 saturated carbocycles. The number of nitrogens with one attached hydrogen (secondary N) is 1. The summed E-state index contributed by atoms with van der Waals surface area (Å²) in [4.78, 5) is 13.4. The van der Waals surface area contributed by atoms with Gasteiger partial charge in [-0.2, -0.15) is 4.31 Å². The molecular weight excluding hydrogens is 448 g/mol. The van der Waals surface area contributed by atoms with Gasteiger partial charge >= 0.3 is 0 Å². The fourth-order valence-corrected chi connectivity index (χ4v) is 7.04. The van der Waals surface area contributed by atoms with Crippen molar-refractivity contribution in [3.63, 3.8) is 0 Å². The van der Waals surface area contributed by atoms with Crippen LogP contribution in [0.1, 0.15) is 17.7 Å². The number of sulfonamides is 1. The van der Waals surface area contributed by atoms with E-state index in [1.165, 1.54) is 4.31 Å². The number of carbonyl (C=O) groups is 1. The van der Waals surface area contributed by atoms with Crippen LogP contribution in [-0.4, -0.2) is 38.8 Å². The fourth-order valence-electron chi connectivity index (χ4n) is 4.02. The number of nitrogens with zero attached hydrogens (tertiary/aromatic N) is 1. The first kappa shape index (κ1) is 21.0. The molecule has 0 bridgehead atoms. The smallest absolute Gasteiger partial charge is 0.252 e. The maximum Gasteiger partial charge on any atom is 0.252 e. The summed E-state index contributed by atoms with van der Waals surface area (Å²) in [6, 6.07) is 14.6. The van der Waals surface area contributed by atoms with Gasteiger partial charge in [0.25, 0.3) is 10.0 Å². The van der Waals surface area contributed by atoms with Crippen LogP contribution in [0.5, 0.6) is 5.75 Å². The number of benzene rings is 2. The van der Waals surface area contributed by atoms with Gasteiger partial charge in [0.1, 0.15) is 21.1 Å². The summed E-state index contributed by atoms with van der Waals surface area (Å²) in [5.41, 5.74) is 1.92. The third kappa shape index (κ3) is 3.76. The lowest BCUT2D eigenvalue weighted by atomic mass is 10.1. The highest BCUT2D eigenvalue weighted by molar-refractivity contribution is 7.91. The molecule has 2 aromatic heterocycles. The molecule has 3 heterocycles. The molecule has 1 N–H and O–H groups in total. The van der Waals surface area contributed by atoms with Gasteiger partial charge < -0.3 is 14.5 Å². The van der Waals surface area contributed by atoms with Gasteiger partial charge in [0.15, 0.2) is 0 Å². The molecule has 1 amide bonds. The maximum absolute atomic E-state index is 12.7. The summed E-state index contributed by atoms with van der Waals surface area (Å²) in [5.74, 6) is 0.270. The molecule has 1 aliphatic heterocycles. The van der Waals surface area contributed by atoms with Crippen molar-refractivity contribution in [2.24, 2.45) is 0 Å². The SMILES string of the molecule is COc1cc2c(cc1NC(=O)Cc1ccc(S(=O)(=O)N3CCCC3)s1)oc1ccccc12. The Hall–Kier alpha value is -2.88. The van der Waals surface area contributed by atoms with E-state index in [1.54, 1.807) is 25.3 Å². The number of furan rings is 1. The summed E-state index contributed by atoms with van der Waals surface area (Å²) >= 11 is 1.14. The van der Waals surface area contributed by atoms with Crippen LogP contribution in [0.4, 0.5) is 5.69 Å². The van der Waals surface area contributed by atoms with Crippen molar-refractivity contribution in [2.45, 2.75) is 23.5 Å². The van der Waals surface area contributed by atoms with Crippen LogP contribution in [-0.2, 0) is 21.2 Å². The molecule has 0 unspecified atom stereocenters. The zero-order valence-corrected chi connectivity index (χ0v) is 19.1. The van der Waals surface area contributed by atoms with Gasteiger partial charge in [0.05, 0.1) is 19.2 Å². The number of fused-ring (bicyclic) bond motifs is 3. The number of thiophene rings is 1. The predicted molar refractivity (Wildman–Crippen MR) is 125 cm³/mol. The van der Waals surface area contributed by atoms with E-state index in [0.29, 0.717) is 35.0 Å².